The molecule has 9 heteroatoms. The lowest BCUT2D eigenvalue weighted by atomic mass is 10.0. The monoisotopic (exact) mass is 419 g/mol. The van der Waals surface area contributed by atoms with Crippen molar-refractivity contribution in [1.82, 2.24) is 14.3 Å². The molecule has 1 aromatic rings. The van der Waals surface area contributed by atoms with Crippen molar-refractivity contribution in [3.8, 4) is 0 Å². The van der Waals surface area contributed by atoms with Crippen LogP contribution in [0.3, 0.4) is 0 Å². The highest BCUT2D eigenvalue weighted by molar-refractivity contribution is 7.88. The number of amides is 1. The standard InChI is InChI=1S/C20H29N5O3S/c1-13-4-3-5-16(13)25-17-15(20(8-9-20)18(25)26)12-21-19(23-17)22-14-6-10-24(11-7-14)29(2,27)28/h12-14,16H,3-11H2,1-2H3,(H,21,22,23). The van der Waals surface area contributed by atoms with E-state index in [4.69, 9.17) is 4.98 Å². The zero-order valence-corrected chi connectivity index (χ0v) is 17.9. The van der Waals surface area contributed by atoms with E-state index in [1.165, 1.54) is 10.6 Å². The summed E-state index contributed by atoms with van der Waals surface area (Å²) < 4.78 is 24.9. The molecule has 0 aromatic carbocycles. The van der Waals surface area contributed by atoms with Gasteiger partial charge in [0.25, 0.3) is 0 Å². The number of hydrogen-bond acceptors (Lipinski definition) is 6. The van der Waals surface area contributed by atoms with Crippen LogP contribution in [0.1, 0.15) is 57.4 Å². The van der Waals surface area contributed by atoms with Gasteiger partial charge < -0.3 is 5.32 Å². The van der Waals surface area contributed by atoms with Gasteiger partial charge in [-0.15, -0.1) is 0 Å². The van der Waals surface area contributed by atoms with E-state index in [0.29, 0.717) is 25.0 Å². The zero-order valence-electron chi connectivity index (χ0n) is 17.1. The average Bonchev–Trinajstić information content (AvgIpc) is 3.33. The van der Waals surface area contributed by atoms with E-state index >= 15 is 0 Å². The second kappa shape index (κ2) is 6.63. The Labute approximate surface area is 172 Å². The SMILES string of the molecule is CC1CCCC1N1C(=O)C2(CC2)c2cnc(NC3CCN(S(C)(=O)=O)CC3)nc21. The van der Waals surface area contributed by atoms with Gasteiger partial charge in [0.05, 0.1) is 11.7 Å². The smallest absolute Gasteiger partial charge is 0.239 e. The fourth-order valence-corrected chi connectivity index (χ4v) is 6.22. The van der Waals surface area contributed by atoms with E-state index in [0.717, 1.165) is 56.3 Å². The van der Waals surface area contributed by atoms with Crippen LogP contribution in [-0.2, 0) is 20.2 Å². The van der Waals surface area contributed by atoms with E-state index < -0.39 is 10.0 Å². The fraction of sp³-hybridized carbons (Fsp3) is 0.750. The van der Waals surface area contributed by atoms with Crippen LogP contribution in [0.25, 0.3) is 0 Å². The fourth-order valence-electron chi connectivity index (χ4n) is 5.35. The number of piperidine rings is 1. The molecule has 3 fully saturated rings. The lowest BCUT2D eigenvalue weighted by molar-refractivity contribution is -0.120. The lowest BCUT2D eigenvalue weighted by Gasteiger charge is -2.31. The van der Waals surface area contributed by atoms with Crippen molar-refractivity contribution < 1.29 is 13.2 Å². The molecule has 29 heavy (non-hydrogen) atoms. The highest BCUT2D eigenvalue weighted by atomic mass is 32.2. The number of sulfonamides is 1. The van der Waals surface area contributed by atoms with Gasteiger partial charge in [-0.2, -0.15) is 4.98 Å². The molecule has 2 aliphatic carbocycles. The van der Waals surface area contributed by atoms with Crippen molar-refractivity contribution in [2.45, 2.75) is 69.4 Å². The first-order valence-electron chi connectivity index (χ1n) is 10.7. The molecule has 5 rings (SSSR count). The molecule has 2 unspecified atom stereocenters. The zero-order chi connectivity index (χ0) is 20.4. The predicted octanol–water partition coefficient (Wildman–Crippen LogP) is 1.88. The van der Waals surface area contributed by atoms with Crippen molar-refractivity contribution in [2.24, 2.45) is 5.92 Å². The first-order chi connectivity index (χ1) is 13.8. The maximum atomic E-state index is 13.3. The minimum absolute atomic E-state index is 0.136. The molecule has 1 aromatic heterocycles. The molecule has 2 aliphatic heterocycles. The summed E-state index contributed by atoms with van der Waals surface area (Å²) in [6.45, 7) is 3.25. The lowest BCUT2D eigenvalue weighted by Crippen LogP contribution is -2.43. The van der Waals surface area contributed by atoms with Crippen LogP contribution < -0.4 is 10.2 Å². The molecule has 4 aliphatic rings. The minimum Gasteiger partial charge on any atom is -0.351 e. The summed E-state index contributed by atoms with van der Waals surface area (Å²) in [4.78, 5) is 24.6. The topological polar surface area (TPSA) is 95.5 Å². The molecule has 3 heterocycles. The minimum atomic E-state index is -3.13. The van der Waals surface area contributed by atoms with Crippen LogP contribution in [0, 0.1) is 5.92 Å². The maximum absolute atomic E-state index is 13.3. The molecule has 1 spiro atoms. The maximum Gasteiger partial charge on any atom is 0.239 e. The molecule has 158 valence electrons. The largest absolute Gasteiger partial charge is 0.351 e. The van der Waals surface area contributed by atoms with E-state index in [-0.39, 0.29) is 23.4 Å². The van der Waals surface area contributed by atoms with Crippen LogP contribution in [0.2, 0.25) is 0 Å². The molecular formula is C20H29N5O3S. The number of fused-ring (bicyclic) bond motifs is 2. The van der Waals surface area contributed by atoms with Crippen molar-refractivity contribution in [3.63, 3.8) is 0 Å². The molecule has 0 radical (unpaired) electrons. The average molecular weight is 420 g/mol. The van der Waals surface area contributed by atoms with Gasteiger partial charge in [0.1, 0.15) is 5.82 Å². The van der Waals surface area contributed by atoms with Crippen molar-refractivity contribution in [1.29, 1.82) is 0 Å². The highest BCUT2D eigenvalue weighted by Crippen LogP contribution is 2.58. The number of aromatic nitrogens is 2. The summed E-state index contributed by atoms with van der Waals surface area (Å²) in [5.74, 6) is 2.06. The third-order valence-corrected chi connectivity index (χ3v) is 8.60. The number of anilines is 2. The van der Waals surface area contributed by atoms with E-state index in [1.54, 1.807) is 0 Å². The Hall–Kier alpha value is -1.74. The molecule has 2 atom stereocenters. The van der Waals surface area contributed by atoms with E-state index in [9.17, 15) is 13.2 Å². The number of hydrogen-bond donors (Lipinski definition) is 1. The molecule has 2 saturated carbocycles. The van der Waals surface area contributed by atoms with Crippen molar-refractivity contribution >= 4 is 27.7 Å². The summed E-state index contributed by atoms with van der Waals surface area (Å²) in [5, 5.41) is 3.39. The normalized spacial score (nSPS) is 29.4. The van der Waals surface area contributed by atoms with Crippen molar-refractivity contribution in [2.75, 3.05) is 29.6 Å². The number of rotatable bonds is 4. The Morgan fingerprint density at radius 2 is 1.90 bits per heavy atom. The van der Waals surface area contributed by atoms with Gasteiger partial charge in [-0.25, -0.2) is 17.7 Å². The second-order valence-corrected chi connectivity index (χ2v) is 11.2. The number of carbonyl (C=O) groups excluding carboxylic acids is 1. The highest BCUT2D eigenvalue weighted by Gasteiger charge is 2.61. The number of nitrogens with one attached hydrogen (secondary N) is 1. The van der Waals surface area contributed by atoms with Gasteiger partial charge in [0.2, 0.25) is 21.9 Å². The first kappa shape index (κ1) is 19.2. The molecular weight excluding hydrogens is 390 g/mol. The Balaban J connectivity index is 1.37. The summed E-state index contributed by atoms with van der Waals surface area (Å²) >= 11 is 0. The molecule has 1 N–H and O–H groups in total. The van der Waals surface area contributed by atoms with Crippen molar-refractivity contribution in [3.05, 3.63) is 11.8 Å². The van der Waals surface area contributed by atoms with E-state index in [1.807, 2.05) is 11.1 Å². The van der Waals surface area contributed by atoms with Gasteiger partial charge in [0.15, 0.2) is 0 Å². The first-order valence-corrected chi connectivity index (χ1v) is 12.6. The van der Waals surface area contributed by atoms with Gasteiger partial charge >= 0.3 is 0 Å². The van der Waals surface area contributed by atoms with Gasteiger partial charge in [-0.05, 0) is 44.4 Å². The van der Waals surface area contributed by atoms with Gasteiger partial charge in [0, 0.05) is 36.9 Å². The Bertz CT molecular complexity index is 937. The van der Waals surface area contributed by atoms with Crippen LogP contribution in [0.4, 0.5) is 11.8 Å². The molecule has 8 nitrogen and oxygen atoms in total. The molecule has 0 bridgehead atoms. The number of carbonyl (C=O) groups is 1. The Morgan fingerprint density at radius 1 is 1.17 bits per heavy atom. The third kappa shape index (κ3) is 3.13. The van der Waals surface area contributed by atoms with E-state index in [2.05, 4.69) is 17.2 Å². The summed E-state index contributed by atoms with van der Waals surface area (Å²) in [5.41, 5.74) is 0.635. The number of nitrogens with zero attached hydrogens (tertiary/aromatic N) is 4. The summed E-state index contributed by atoms with van der Waals surface area (Å²) in [7, 11) is -3.13. The Morgan fingerprint density at radius 3 is 2.48 bits per heavy atom. The van der Waals surface area contributed by atoms with Gasteiger partial charge in [-0.1, -0.05) is 13.3 Å². The third-order valence-electron chi connectivity index (χ3n) is 7.29. The molecule has 1 amide bonds. The van der Waals surface area contributed by atoms with Crippen LogP contribution >= 0.6 is 0 Å². The summed E-state index contributed by atoms with van der Waals surface area (Å²) in [6.07, 6.45) is 9.71. The van der Waals surface area contributed by atoms with Gasteiger partial charge in [-0.3, -0.25) is 9.69 Å². The van der Waals surface area contributed by atoms with Crippen LogP contribution in [0.5, 0.6) is 0 Å². The predicted molar refractivity (Wildman–Crippen MR) is 110 cm³/mol. The van der Waals surface area contributed by atoms with Crippen LogP contribution in [-0.4, -0.2) is 60.0 Å². The Kier molecular flexibility index (Phi) is 4.40. The molecule has 1 saturated heterocycles. The summed E-state index contributed by atoms with van der Waals surface area (Å²) in [6, 6.07) is 0.374. The second-order valence-electron chi connectivity index (χ2n) is 9.24. The quantitative estimate of drug-likeness (QED) is 0.801. The van der Waals surface area contributed by atoms with Crippen LogP contribution in [0.15, 0.2) is 6.20 Å².